The number of nitrogens with zero attached hydrogens (tertiary/aromatic N) is 2. The third-order valence-electron chi connectivity index (χ3n) is 5.53. The number of hydrogen-bond donors (Lipinski definition) is 1. The normalized spacial score (nSPS) is 12.9. The highest BCUT2D eigenvalue weighted by molar-refractivity contribution is 7.18. The molecule has 1 aliphatic rings. The molecule has 1 aliphatic heterocycles. The van der Waals surface area contributed by atoms with E-state index >= 15 is 0 Å². The second-order valence-corrected chi connectivity index (χ2v) is 8.81. The molecule has 158 valence electrons. The van der Waals surface area contributed by atoms with Gasteiger partial charge < -0.3 is 10.2 Å². The Hall–Kier alpha value is -3.77. The molecule has 0 saturated carbocycles. The Kier molecular flexibility index (Phi) is 5.29. The van der Waals surface area contributed by atoms with Gasteiger partial charge in [-0.3, -0.25) is 9.59 Å². The number of nitrogens with one attached hydrogen (secondary N) is 1. The van der Waals surface area contributed by atoms with E-state index < -0.39 is 0 Å². The van der Waals surface area contributed by atoms with Crippen LogP contribution >= 0.6 is 11.3 Å². The Labute approximate surface area is 190 Å². The maximum Gasteiger partial charge on any atom is 0.258 e. The average Bonchev–Trinajstić information content (AvgIpc) is 3.32. The molecule has 0 saturated heterocycles. The number of benzene rings is 3. The summed E-state index contributed by atoms with van der Waals surface area (Å²) in [6.07, 6.45) is 0.958. The number of hydrogen-bond acceptors (Lipinski definition) is 4. The number of fused-ring (bicyclic) bond motifs is 2. The van der Waals surface area contributed by atoms with Crippen molar-refractivity contribution < 1.29 is 9.59 Å². The summed E-state index contributed by atoms with van der Waals surface area (Å²) in [5, 5.41) is 3.98. The molecule has 0 fully saturated rings. The van der Waals surface area contributed by atoms with Crippen LogP contribution in [0.5, 0.6) is 0 Å². The van der Waals surface area contributed by atoms with E-state index in [9.17, 15) is 9.59 Å². The quantitative estimate of drug-likeness (QED) is 0.441. The molecule has 0 spiro atoms. The summed E-state index contributed by atoms with van der Waals surface area (Å²) in [4.78, 5) is 31.2. The van der Waals surface area contributed by atoms with Crippen LogP contribution in [0.25, 0.3) is 15.9 Å². The first-order chi connectivity index (χ1) is 15.6. The van der Waals surface area contributed by atoms with Gasteiger partial charge in [0, 0.05) is 41.9 Å². The van der Waals surface area contributed by atoms with Crippen molar-refractivity contribution in [2.24, 2.45) is 0 Å². The lowest BCUT2D eigenvalue weighted by molar-refractivity contribution is -0.116. The summed E-state index contributed by atoms with van der Waals surface area (Å²) in [7, 11) is 0. The van der Waals surface area contributed by atoms with Crippen molar-refractivity contribution in [2.45, 2.75) is 12.8 Å². The zero-order valence-corrected chi connectivity index (χ0v) is 18.2. The fourth-order valence-electron chi connectivity index (χ4n) is 3.88. The lowest BCUT2D eigenvalue weighted by Crippen LogP contribution is -2.27. The second kappa shape index (κ2) is 8.40. The molecule has 0 unspecified atom stereocenters. The molecule has 2 heterocycles. The SMILES string of the molecule is C=C1c2ccccc2C(=O)N1CCC(=O)Nc1ccc(Cc2nc3ccccc3s2)cc1. The van der Waals surface area contributed by atoms with Crippen LogP contribution in [0, 0.1) is 0 Å². The Morgan fingerprint density at radius 1 is 0.969 bits per heavy atom. The van der Waals surface area contributed by atoms with Crippen LogP contribution in [-0.4, -0.2) is 28.2 Å². The topological polar surface area (TPSA) is 62.3 Å². The van der Waals surface area contributed by atoms with E-state index in [1.54, 1.807) is 22.3 Å². The Morgan fingerprint density at radius 2 is 1.69 bits per heavy atom. The molecule has 6 heteroatoms. The number of amides is 2. The lowest BCUT2D eigenvalue weighted by Gasteiger charge is -2.17. The van der Waals surface area contributed by atoms with Crippen molar-refractivity contribution in [2.75, 3.05) is 11.9 Å². The predicted octanol–water partition coefficient (Wildman–Crippen LogP) is 5.34. The van der Waals surface area contributed by atoms with Gasteiger partial charge in [0.15, 0.2) is 0 Å². The van der Waals surface area contributed by atoms with Crippen LogP contribution in [0.15, 0.2) is 79.4 Å². The van der Waals surface area contributed by atoms with Gasteiger partial charge in [0.1, 0.15) is 0 Å². The first-order valence-corrected chi connectivity index (χ1v) is 11.2. The first-order valence-electron chi connectivity index (χ1n) is 10.4. The molecular formula is C26H21N3O2S. The van der Waals surface area contributed by atoms with Crippen LogP contribution in [0.2, 0.25) is 0 Å². The number of aromatic nitrogens is 1. The van der Waals surface area contributed by atoms with Gasteiger partial charge in [0.2, 0.25) is 5.91 Å². The van der Waals surface area contributed by atoms with Crippen molar-refractivity contribution in [3.8, 4) is 0 Å². The largest absolute Gasteiger partial charge is 0.326 e. The molecule has 2 amide bonds. The number of carbonyl (C=O) groups is 2. The highest BCUT2D eigenvalue weighted by atomic mass is 32.1. The molecular weight excluding hydrogens is 418 g/mol. The van der Waals surface area contributed by atoms with E-state index in [-0.39, 0.29) is 18.2 Å². The Bertz CT molecular complexity index is 1270. The van der Waals surface area contributed by atoms with Crippen LogP contribution in [0.1, 0.15) is 32.9 Å². The van der Waals surface area contributed by atoms with Gasteiger partial charge in [0.25, 0.3) is 5.91 Å². The minimum atomic E-state index is -0.138. The molecule has 0 atom stereocenters. The molecule has 4 aromatic rings. The van der Waals surface area contributed by atoms with E-state index in [1.165, 1.54) is 4.70 Å². The number of rotatable bonds is 6. The van der Waals surface area contributed by atoms with E-state index in [1.807, 2.05) is 60.7 Å². The number of carbonyl (C=O) groups excluding carboxylic acids is 2. The molecule has 5 nitrogen and oxygen atoms in total. The van der Waals surface area contributed by atoms with Crippen molar-refractivity contribution >= 4 is 44.8 Å². The van der Waals surface area contributed by atoms with Gasteiger partial charge in [-0.2, -0.15) is 0 Å². The third-order valence-corrected chi connectivity index (χ3v) is 6.57. The molecule has 0 radical (unpaired) electrons. The average molecular weight is 440 g/mol. The summed E-state index contributed by atoms with van der Waals surface area (Å²) < 4.78 is 1.19. The van der Waals surface area contributed by atoms with E-state index in [4.69, 9.17) is 0 Å². The Balaban J connectivity index is 1.16. The zero-order valence-electron chi connectivity index (χ0n) is 17.4. The smallest absolute Gasteiger partial charge is 0.258 e. The minimum absolute atomic E-state index is 0.0994. The predicted molar refractivity (Wildman–Crippen MR) is 129 cm³/mol. The fourth-order valence-corrected chi connectivity index (χ4v) is 4.89. The van der Waals surface area contributed by atoms with Crippen molar-refractivity contribution in [3.63, 3.8) is 0 Å². The molecule has 0 aliphatic carbocycles. The molecule has 1 aromatic heterocycles. The van der Waals surface area contributed by atoms with Crippen molar-refractivity contribution in [3.05, 3.63) is 101 Å². The molecule has 0 bridgehead atoms. The molecule has 1 N–H and O–H groups in total. The van der Waals surface area contributed by atoms with E-state index in [0.717, 1.165) is 33.8 Å². The summed E-state index contributed by atoms with van der Waals surface area (Å²) in [5.41, 5.74) is 5.02. The Morgan fingerprint density at radius 3 is 2.44 bits per heavy atom. The van der Waals surface area contributed by atoms with Crippen molar-refractivity contribution in [1.82, 2.24) is 9.88 Å². The standard InChI is InChI=1S/C26H21N3O2S/c1-17-20-6-2-3-7-21(20)26(31)29(17)15-14-24(30)27-19-12-10-18(11-13-19)16-25-28-22-8-4-5-9-23(22)32-25/h2-13H,1,14-16H2,(H,27,30). The number of thiazole rings is 1. The molecule has 32 heavy (non-hydrogen) atoms. The summed E-state index contributed by atoms with van der Waals surface area (Å²) in [5.74, 6) is -0.238. The molecule has 3 aromatic carbocycles. The lowest BCUT2D eigenvalue weighted by atomic mass is 10.1. The fraction of sp³-hybridized carbons (Fsp3) is 0.115. The van der Waals surface area contributed by atoms with Gasteiger partial charge in [-0.25, -0.2) is 4.98 Å². The highest BCUT2D eigenvalue weighted by Gasteiger charge is 2.30. The number of anilines is 1. The summed E-state index contributed by atoms with van der Waals surface area (Å²) in [6.45, 7) is 4.32. The van der Waals surface area contributed by atoms with Crippen LogP contribution in [0.4, 0.5) is 5.69 Å². The maximum absolute atomic E-state index is 12.6. The summed E-state index contributed by atoms with van der Waals surface area (Å²) in [6, 6.07) is 23.3. The van der Waals surface area contributed by atoms with Crippen LogP contribution < -0.4 is 5.32 Å². The molecule has 5 rings (SSSR count). The van der Waals surface area contributed by atoms with E-state index in [0.29, 0.717) is 17.8 Å². The van der Waals surface area contributed by atoms with Crippen LogP contribution in [0.3, 0.4) is 0 Å². The number of para-hydroxylation sites is 1. The van der Waals surface area contributed by atoms with Gasteiger partial charge in [-0.05, 0) is 35.9 Å². The van der Waals surface area contributed by atoms with Gasteiger partial charge in [-0.15, -0.1) is 11.3 Å². The van der Waals surface area contributed by atoms with Gasteiger partial charge >= 0.3 is 0 Å². The first kappa shape index (κ1) is 20.2. The minimum Gasteiger partial charge on any atom is -0.326 e. The van der Waals surface area contributed by atoms with Crippen molar-refractivity contribution in [1.29, 1.82) is 0 Å². The third kappa shape index (κ3) is 3.92. The monoisotopic (exact) mass is 439 g/mol. The van der Waals surface area contributed by atoms with E-state index in [2.05, 4.69) is 22.9 Å². The highest BCUT2D eigenvalue weighted by Crippen LogP contribution is 2.31. The van der Waals surface area contributed by atoms with Crippen LogP contribution in [-0.2, 0) is 11.2 Å². The van der Waals surface area contributed by atoms with Gasteiger partial charge in [-0.1, -0.05) is 49.0 Å². The maximum atomic E-state index is 12.6. The second-order valence-electron chi connectivity index (χ2n) is 7.70. The summed E-state index contributed by atoms with van der Waals surface area (Å²) >= 11 is 1.70. The zero-order chi connectivity index (χ0) is 22.1. The van der Waals surface area contributed by atoms with Gasteiger partial charge in [0.05, 0.1) is 15.2 Å².